The molecule has 0 spiro atoms. The number of amides is 1. The third-order valence-electron chi connectivity index (χ3n) is 5.62. The Bertz CT molecular complexity index is 567. The quantitative estimate of drug-likeness (QED) is 0.876. The molecule has 2 N–H and O–H groups in total. The van der Waals surface area contributed by atoms with E-state index < -0.39 is 5.60 Å². The summed E-state index contributed by atoms with van der Waals surface area (Å²) in [5.41, 5.74) is -0.281. The van der Waals surface area contributed by atoms with Crippen LogP contribution in [0.2, 0.25) is 0 Å². The van der Waals surface area contributed by atoms with Gasteiger partial charge in [0.15, 0.2) is 0 Å². The molecule has 0 bridgehead atoms. The van der Waals surface area contributed by atoms with E-state index in [9.17, 15) is 9.90 Å². The number of fused-ring (bicyclic) bond motifs is 1. The van der Waals surface area contributed by atoms with Crippen LogP contribution in [0.4, 0.5) is 0 Å². The van der Waals surface area contributed by atoms with Crippen molar-refractivity contribution in [3.8, 4) is 0 Å². The highest BCUT2D eigenvalue weighted by Crippen LogP contribution is 2.52. The van der Waals surface area contributed by atoms with E-state index in [1.165, 1.54) is 0 Å². The third kappa shape index (κ3) is 3.02. The van der Waals surface area contributed by atoms with Crippen molar-refractivity contribution in [1.82, 2.24) is 5.32 Å². The summed E-state index contributed by atoms with van der Waals surface area (Å²) in [5, 5.41) is 13.7. The molecule has 1 aliphatic heterocycles. The molecule has 2 aliphatic rings. The number of rotatable bonds is 5. The monoisotopic (exact) mass is 317 g/mol. The van der Waals surface area contributed by atoms with E-state index in [-0.39, 0.29) is 23.5 Å². The Hall–Kier alpha value is -1.39. The fourth-order valence-corrected chi connectivity index (χ4v) is 4.06. The molecule has 126 valence electrons. The second-order valence-corrected chi connectivity index (χ2v) is 7.78. The Morgan fingerprint density at radius 2 is 2.09 bits per heavy atom. The van der Waals surface area contributed by atoms with Gasteiger partial charge in [0.05, 0.1) is 6.10 Å². The van der Waals surface area contributed by atoms with Crippen molar-refractivity contribution in [2.45, 2.75) is 57.8 Å². The van der Waals surface area contributed by atoms with Gasteiger partial charge in [-0.05, 0) is 31.7 Å². The molecule has 2 fully saturated rings. The van der Waals surface area contributed by atoms with Crippen molar-refractivity contribution in [2.75, 3.05) is 6.61 Å². The van der Waals surface area contributed by atoms with Crippen LogP contribution in [0.3, 0.4) is 0 Å². The van der Waals surface area contributed by atoms with E-state index in [4.69, 9.17) is 4.74 Å². The maximum absolute atomic E-state index is 12.6. The van der Waals surface area contributed by atoms with Crippen molar-refractivity contribution in [3.05, 3.63) is 35.9 Å². The molecule has 4 heteroatoms. The molecule has 1 saturated carbocycles. The Balaban J connectivity index is 1.58. The van der Waals surface area contributed by atoms with Gasteiger partial charge < -0.3 is 15.2 Å². The lowest BCUT2D eigenvalue weighted by molar-refractivity contribution is -0.152. The fraction of sp³-hybridized carbons (Fsp3) is 0.632. The topological polar surface area (TPSA) is 58.6 Å². The van der Waals surface area contributed by atoms with Gasteiger partial charge in [-0.2, -0.15) is 0 Å². The standard InChI is InChI=1S/C19H27NO3/c1-18(2)15(14-10-12-23-16(14)18)20-17(21)19(3,22)11-9-13-7-5-4-6-8-13/h4-8,14-16,22H,9-12H2,1-3H3,(H,20,21)/t14-,15+,16+,19-/m0/s1. The summed E-state index contributed by atoms with van der Waals surface area (Å²) < 4.78 is 5.76. The Labute approximate surface area is 138 Å². The SMILES string of the molecule is CC1(C)[C@H](NC(=O)[C@@](C)(O)CCc2ccccc2)[C@@H]2CCO[C@H]21. The summed E-state index contributed by atoms with van der Waals surface area (Å²) in [5.74, 6) is 0.121. The largest absolute Gasteiger partial charge is 0.380 e. The summed E-state index contributed by atoms with van der Waals surface area (Å²) in [7, 11) is 0. The van der Waals surface area contributed by atoms with E-state index in [1.807, 2.05) is 30.3 Å². The number of benzene rings is 1. The van der Waals surface area contributed by atoms with Crippen LogP contribution in [0, 0.1) is 11.3 Å². The highest BCUT2D eigenvalue weighted by molar-refractivity contribution is 5.85. The van der Waals surface area contributed by atoms with Crippen molar-refractivity contribution in [2.24, 2.45) is 11.3 Å². The molecule has 0 radical (unpaired) electrons. The molecule has 1 aromatic carbocycles. The lowest BCUT2D eigenvalue weighted by Crippen LogP contribution is -2.68. The number of carbonyl (C=O) groups excluding carboxylic acids is 1. The fourth-order valence-electron chi connectivity index (χ4n) is 4.06. The number of hydrogen-bond donors (Lipinski definition) is 2. The van der Waals surface area contributed by atoms with Gasteiger partial charge in [-0.3, -0.25) is 4.79 Å². The van der Waals surface area contributed by atoms with Gasteiger partial charge in [-0.1, -0.05) is 44.2 Å². The van der Waals surface area contributed by atoms with Gasteiger partial charge in [0.1, 0.15) is 5.60 Å². The molecule has 4 nitrogen and oxygen atoms in total. The average molecular weight is 317 g/mol. The first-order chi connectivity index (χ1) is 10.8. The Kier molecular flexibility index (Phi) is 4.23. The Morgan fingerprint density at radius 3 is 2.78 bits per heavy atom. The minimum absolute atomic E-state index is 0.0632. The third-order valence-corrected chi connectivity index (χ3v) is 5.62. The van der Waals surface area contributed by atoms with Crippen LogP contribution in [0.5, 0.6) is 0 Å². The number of aliphatic hydroxyl groups is 1. The first kappa shape index (κ1) is 16.5. The van der Waals surface area contributed by atoms with E-state index in [2.05, 4.69) is 19.2 Å². The van der Waals surface area contributed by atoms with Gasteiger partial charge in [0.25, 0.3) is 5.91 Å². The van der Waals surface area contributed by atoms with E-state index in [0.29, 0.717) is 18.8 Å². The van der Waals surface area contributed by atoms with Crippen molar-refractivity contribution >= 4 is 5.91 Å². The summed E-state index contributed by atoms with van der Waals surface area (Å²) in [4.78, 5) is 12.6. The number of aryl methyl sites for hydroxylation is 1. The van der Waals surface area contributed by atoms with Gasteiger partial charge in [-0.25, -0.2) is 0 Å². The predicted octanol–water partition coefficient (Wildman–Crippen LogP) is 2.30. The Morgan fingerprint density at radius 1 is 1.39 bits per heavy atom. The zero-order valence-corrected chi connectivity index (χ0v) is 14.2. The molecule has 0 aromatic heterocycles. The summed E-state index contributed by atoms with van der Waals surface area (Å²) in [6.07, 6.45) is 2.33. The molecule has 1 aromatic rings. The molecule has 23 heavy (non-hydrogen) atoms. The van der Waals surface area contributed by atoms with Crippen LogP contribution in [-0.2, 0) is 16.0 Å². The molecule has 4 atom stereocenters. The number of hydrogen-bond acceptors (Lipinski definition) is 3. The smallest absolute Gasteiger partial charge is 0.251 e. The minimum Gasteiger partial charge on any atom is -0.380 e. The van der Waals surface area contributed by atoms with Crippen LogP contribution < -0.4 is 5.32 Å². The van der Waals surface area contributed by atoms with Crippen LogP contribution >= 0.6 is 0 Å². The summed E-state index contributed by atoms with van der Waals surface area (Å²) >= 11 is 0. The molecule has 1 amide bonds. The van der Waals surface area contributed by atoms with Gasteiger partial charge >= 0.3 is 0 Å². The van der Waals surface area contributed by atoms with Crippen LogP contribution in [0.25, 0.3) is 0 Å². The lowest BCUT2D eigenvalue weighted by Gasteiger charge is -2.55. The zero-order valence-electron chi connectivity index (χ0n) is 14.2. The van der Waals surface area contributed by atoms with Crippen molar-refractivity contribution in [1.29, 1.82) is 0 Å². The first-order valence-corrected chi connectivity index (χ1v) is 8.51. The number of nitrogens with one attached hydrogen (secondary N) is 1. The van der Waals surface area contributed by atoms with Crippen LogP contribution in [-0.4, -0.2) is 35.4 Å². The molecule has 1 heterocycles. The normalized spacial score (nSPS) is 30.9. The maximum atomic E-state index is 12.6. The van der Waals surface area contributed by atoms with Crippen molar-refractivity contribution in [3.63, 3.8) is 0 Å². The molecular weight excluding hydrogens is 290 g/mol. The van der Waals surface area contributed by atoms with E-state index >= 15 is 0 Å². The maximum Gasteiger partial charge on any atom is 0.251 e. The van der Waals surface area contributed by atoms with Gasteiger partial charge in [-0.15, -0.1) is 0 Å². The highest BCUT2D eigenvalue weighted by Gasteiger charge is 2.60. The van der Waals surface area contributed by atoms with Crippen molar-refractivity contribution < 1.29 is 14.6 Å². The molecule has 3 rings (SSSR count). The molecular formula is C19H27NO3. The summed E-state index contributed by atoms with van der Waals surface area (Å²) in [6, 6.07) is 10.0. The van der Waals surface area contributed by atoms with E-state index in [0.717, 1.165) is 18.6 Å². The first-order valence-electron chi connectivity index (χ1n) is 8.51. The predicted molar refractivity (Wildman–Crippen MR) is 88.9 cm³/mol. The van der Waals surface area contributed by atoms with Gasteiger partial charge in [0.2, 0.25) is 0 Å². The van der Waals surface area contributed by atoms with Crippen LogP contribution in [0.1, 0.15) is 39.2 Å². The number of ether oxygens (including phenoxy) is 1. The van der Waals surface area contributed by atoms with Crippen LogP contribution in [0.15, 0.2) is 30.3 Å². The minimum atomic E-state index is -1.35. The molecule has 0 unspecified atom stereocenters. The van der Waals surface area contributed by atoms with Gasteiger partial charge in [0, 0.05) is 24.0 Å². The molecule has 1 saturated heterocycles. The van der Waals surface area contributed by atoms with E-state index in [1.54, 1.807) is 6.92 Å². The number of carbonyl (C=O) groups is 1. The lowest BCUT2D eigenvalue weighted by atomic mass is 9.57. The average Bonchev–Trinajstić information content (AvgIpc) is 2.98. The summed E-state index contributed by atoms with van der Waals surface area (Å²) in [6.45, 7) is 6.64. The molecule has 1 aliphatic carbocycles. The second-order valence-electron chi connectivity index (χ2n) is 7.78. The zero-order chi connectivity index (χ0) is 16.7. The second kappa shape index (κ2) is 5.91. The highest BCUT2D eigenvalue weighted by atomic mass is 16.5.